The highest BCUT2D eigenvalue weighted by Crippen LogP contribution is 2.15. The number of carbonyl (C=O) groups is 2. The minimum Gasteiger partial charge on any atom is -0.481 e. The fraction of sp³-hybridized carbons (Fsp3) is 0.600. The number of amides is 1. The van der Waals surface area contributed by atoms with Gasteiger partial charge < -0.3 is 14.8 Å². The van der Waals surface area contributed by atoms with Crippen molar-refractivity contribution >= 4 is 11.9 Å². The highest BCUT2D eigenvalue weighted by molar-refractivity contribution is 5.91. The molecule has 1 aromatic rings. The predicted molar refractivity (Wildman–Crippen MR) is 75.6 cm³/mol. The van der Waals surface area contributed by atoms with Gasteiger partial charge in [-0.3, -0.25) is 9.59 Å². The fourth-order valence-corrected chi connectivity index (χ4v) is 2.17. The molecule has 5 heteroatoms. The summed E-state index contributed by atoms with van der Waals surface area (Å²) in [5.41, 5.74) is 0. The molecule has 1 rings (SSSR count). The molecule has 0 aromatic carbocycles. The number of carboxylic acid groups (broad SMARTS) is 1. The zero-order valence-electron chi connectivity index (χ0n) is 12.3. The molecular formula is C15H23NO4. The Bertz CT molecular complexity index is 450. The summed E-state index contributed by atoms with van der Waals surface area (Å²) < 4.78 is 5.36. The average molecular weight is 281 g/mol. The van der Waals surface area contributed by atoms with Gasteiger partial charge in [-0.05, 0) is 30.4 Å². The van der Waals surface area contributed by atoms with Crippen LogP contribution in [0.2, 0.25) is 0 Å². The molecule has 1 unspecified atom stereocenters. The molecule has 112 valence electrons. The molecule has 0 fully saturated rings. The van der Waals surface area contributed by atoms with Crippen LogP contribution < -0.4 is 5.32 Å². The molecule has 0 radical (unpaired) electrons. The first kappa shape index (κ1) is 16.3. The van der Waals surface area contributed by atoms with Crippen LogP contribution in [0, 0.1) is 11.8 Å². The smallest absolute Gasteiger partial charge is 0.303 e. The molecule has 0 aliphatic carbocycles. The van der Waals surface area contributed by atoms with Crippen LogP contribution in [-0.4, -0.2) is 23.5 Å². The second kappa shape index (κ2) is 7.72. The number of nitrogens with one attached hydrogen (secondary N) is 1. The zero-order chi connectivity index (χ0) is 15.1. The Morgan fingerprint density at radius 3 is 2.55 bits per heavy atom. The average Bonchev–Trinajstić information content (AvgIpc) is 2.83. The van der Waals surface area contributed by atoms with Gasteiger partial charge in [0.05, 0.1) is 0 Å². The Labute approximate surface area is 119 Å². The van der Waals surface area contributed by atoms with Crippen LogP contribution in [0.15, 0.2) is 16.5 Å². The van der Waals surface area contributed by atoms with E-state index in [1.165, 1.54) is 0 Å². The van der Waals surface area contributed by atoms with Crippen LogP contribution in [0.5, 0.6) is 0 Å². The maximum Gasteiger partial charge on any atom is 0.303 e. The number of aryl methyl sites for hydroxylation is 1. The summed E-state index contributed by atoms with van der Waals surface area (Å²) in [6, 6.07) is 3.42. The lowest BCUT2D eigenvalue weighted by Gasteiger charge is -2.17. The van der Waals surface area contributed by atoms with Gasteiger partial charge in [0.15, 0.2) is 5.76 Å². The van der Waals surface area contributed by atoms with Crippen molar-refractivity contribution in [2.24, 2.45) is 11.8 Å². The predicted octanol–water partition coefficient (Wildman–Crippen LogP) is 2.71. The van der Waals surface area contributed by atoms with Crippen molar-refractivity contribution < 1.29 is 19.1 Å². The summed E-state index contributed by atoms with van der Waals surface area (Å²) >= 11 is 0. The normalized spacial score (nSPS) is 12.4. The first-order chi connectivity index (χ1) is 9.42. The topological polar surface area (TPSA) is 79.5 Å². The highest BCUT2D eigenvalue weighted by Gasteiger charge is 2.17. The van der Waals surface area contributed by atoms with E-state index in [0.29, 0.717) is 12.5 Å². The molecule has 2 N–H and O–H groups in total. The van der Waals surface area contributed by atoms with Crippen molar-refractivity contribution in [1.29, 1.82) is 0 Å². The number of aliphatic carboxylic acids is 1. The van der Waals surface area contributed by atoms with Crippen LogP contribution in [0.4, 0.5) is 0 Å². The molecule has 0 aliphatic rings. The van der Waals surface area contributed by atoms with Crippen LogP contribution in [-0.2, 0) is 11.2 Å². The van der Waals surface area contributed by atoms with E-state index in [2.05, 4.69) is 5.32 Å². The van der Waals surface area contributed by atoms with E-state index in [1.807, 2.05) is 20.8 Å². The van der Waals surface area contributed by atoms with E-state index >= 15 is 0 Å². The fourth-order valence-electron chi connectivity index (χ4n) is 2.17. The van der Waals surface area contributed by atoms with Crippen molar-refractivity contribution in [2.45, 2.75) is 40.0 Å². The van der Waals surface area contributed by atoms with Gasteiger partial charge in [-0.15, -0.1) is 0 Å². The third kappa shape index (κ3) is 5.47. The van der Waals surface area contributed by atoms with E-state index in [9.17, 15) is 9.59 Å². The lowest BCUT2D eigenvalue weighted by Crippen LogP contribution is -2.30. The van der Waals surface area contributed by atoms with Gasteiger partial charge in [0.25, 0.3) is 5.91 Å². The Morgan fingerprint density at radius 1 is 1.35 bits per heavy atom. The molecule has 1 heterocycles. The Kier molecular flexibility index (Phi) is 6.28. The van der Waals surface area contributed by atoms with E-state index < -0.39 is 5.97 Å². The molecule has 0 bridgehead atoms. The highest BCUT2D eigenvalue weighted by atomic mass is 16.4. The van der Waals surface area contributed by atoms with Crippen LogP contribution in [0.3, 0.4) is 0 Å². The number of carboxylic acids is 1. The molecule has 20 heavy (non-hydrogen) atoms. The third-order valence-corrected chi connectivity index (χ3v) is 3.05. The number of hydrogen-bond donors (Lipinski definition) is 2. The summed E-state index contributed by atoms with van der Waals surface area (Å²) in [6.07, 6.45) is 1.57. The van der Waals surface area contributed by atoms with Crippen molar-refractivity contribution in [3.63, 3.8) is 0 Å². The molecule has 0 saturated carbocycles. The summed E-state index contributed by atoms with van der Waals surface area (Å²) in [4.78, 5) is 22.7. The van der Waals surface area contributed by atoms with Gasteiger partial charge in [-0.2, -0.15) is 0 Å². The Balaban J connectivity index is 2.52. The second-order valence-electron chi connectivity index (χ2n) is 5.42. The van der Waals surface area contributed by atoms with Gasteiger partial charge >= 0.3 is 5.97 Å². The van der Waals surface area contributed by atoms with Crippen LogP contribution in [0.1, 0.15) is 49.9 Å². The van der Waals surface area contributed by atoms with Gasteiger partial charge in [-0.1, -0.05) is 20.8 Å². The molecule has 1 amide bonds. The largest absolute Gasteiger partial charge is 0.481 e. The monoisotopic (exact) mass is 281 g/mol. The summed E-state index contributed by atoms with van der Waals surface area (Å²) in [5, 5.41) is 11.6. The number of hydrogen-bond acceptors (Lipinski definition) is 3. The molecule has 0 aliphatic heterocycles. The SMILES string of the molecule is CCc1ccc(C(=O)NCC(CC(=O)O)CC(C)C)o1. The van der Waals surface area contributed by atoms with E-state index in [-0.39, 0.29) is 24.0 Å². The van der Waals surface area contributed by atoms with Crippen molar-refractivity contribution in [1.82, 2.24) is 5.32 Å². The van der Waals surface area contributed by atoms with E-state index in [0.717, 1.165) is 18.6 Å². The van der Waals surface area contributed by atoms with Crippen molar-refractivity contribution in [2.75, 3.05) is 6.54 Å². The Morgan fingerprint density at radius 2 is 2.05 bits per heavy atom. The van der Waals surface area contributed by atoms with Gasteiger partial charge in [0, 0.05) is 19.4 Å². The first-order valence-electron chi connectivity index (χ1n) is 7.01. The minimum absolute atomic E-state index is 0.0583. The molecule has 0 spiro atoms. The molecule has 0 saturated heterocycles. The van der Waals surface area contributed by atoms with Gasteiger partial charge in [-0.25, -0.2) is 0 Å². The summed E-state index contributed by atoms with van der Waals surface area (Å²) in [7, 11) is 0. The number of rotatable bonds is 8. The molecule has 1 atom stereocenters. The number of furan rings is 1. The van der Waals surface area contributed by atoms with Crippen molar-refractivity contribution in [3.8, 4) is 0 Å². The third-order valence-electron chi connectivity index (χ3n) is 3.05. The summed E-state index contributed by atoms with van der Waals surface area (Å²) in [6.45, 7) is 6.38. The van der Waals surface area contributed by atoms with Crippen molar-refractivity contribution in [3.05, 3.63) is 23.7 Å². The number of carbonyl (C=O) groups excluding carboxylic acids is 1. The zero-order valence-corrected chi connectivity index (χ0v) is 12.3. The molecule has 5 nitrogen and oxygen atoms in total. The molecule has 1 aromatic heterocycles. The van der Waals surface area contributed by atoms with Gasteiger partial charge in [0.1, 0.15) is 5.76 Å². The lowest BCUT2D eigenvalue weighted by atomic mass is 9.94. The van der Waals surface area contributed by atoms with E-state index in [1.54, 1.807) is 12.1 Å². The van der Waals surface area contributed by atoms with Crippen LogP contribution in [0.25, 0.3) is 0 Å². The molecular weight excluding hydrogens is 258 g/mol. The first-order valence-corrected chi connectivity index (χ1v) is 7.01. The lowest BCUT2D eigenvalue weighted by molar-refractivity contribution is -0.138. The standard InChI is InChI=1S/C15H23NO4/c1-4-12-5-6-13(20-12)15(19)16-9-11(7-10(2)3)8-14(17)18/h5-6,10-11H,4,7-9H2,1-3H3,(H,16,19)(H,17,18). The summed E-state index contributed by atoms with van der Waals surface area (Å²) in [5.74, 6) is 0.253. The maximum absolute atomic E-state index is 11.9. The van der Waals surface area contributed by atoms with E-state index in [4.69, 9.17) is 9.52 Å². The Hall–Kier alpha value is -1.78. The van der Waals surface area contributed by atoms with Crippen LogP contribution >= 0.6 is 0 Å². The maximum atomic E-state index is 11.9. The van der Waals surface area contributed by atoms with Gasteiger partial charge in [0.2, 0.25) is 0 Å². The minimum atomic E-state index is -0.837. The second-order valence-corrected chi connectivity index (χ2v) is 5.42. The quantitative estimate of drug-likeness (QED) is 0.767.